The van der Waals surface area contributed by atoms with Gasteiger partial charge in [0.05, 0.1) is 6.04 Å². The topological polar surface area (TPSA) is 84.2 Å². The van der Waals surface area contributed by atoms with Crippen molar-refractivity contribution in [2.24, 2.45) is 11.7 Å². The molecule has 2 amide bonds. The zero-order valence-corrected chi connectivity index (χ0v) is 12.8. The molecule has 0 heterocycles. The van der Waals surface area contributed by atoms with E-state index in [1.165, 1.54) is 0 Å². The number of carbonyl (C=O) groups is 2. The maximum absolute atomic E-state index is 11.6. The number of halogens is 1. The van der Waals surface area contributed by atoms with E-state index in [0.717, 1.165) is 0 Å². The Morgan fingerprint density at radius 2 is 1.50 bits per heavy atom. The highest BCUT2D eigenvalue weighted by Gasteiger charge is 2.08. The first-order valence-corrected chi connectivity index (χ1v) is 6.35. The summed E-state index contributed by atoms with van der Waals surface area (Å²) in [4.78, 5) is 23.0. The fraction of sp³-hybridized carbons (Fsp3) is 0.429. The predicted octanol–water partition coefficient (Wildman–Crippen LogP) is 2.38. The number of hydrogen-bond donors (Lipinski definition) is 3. The van der Waals surface area contributed by atoms with Crippen molar-refractivity contribution in [3.63, 3.8) is 0 Å². The third kappa shape index (κ3) is 6.54. The number of carbonyl (C=O) groups excluding carboxylic acids is 2. The van der Waals surface area contributed by atoms with Crippen LogP contribution in [0.3, 0.4) is 0 Å². The van der Waals surface area contributed by atoms with Crippen LogP contribution in [0.25, 0.3) is 0 Å². The van der Waals surface area contributed by atoms with Crippen LogP contribution in [-0.2, 0) is 9.59 Å². The molecule has 1 atom stereocenters. The summed E-state index contributed by atoms with van der Waals surface area (Å²) >= 11 is 0. The Morgan fingerprint density at radius 1 is 1.05 bits per heavy atom. The first-order valence-electron chi connectivity index (χ1n) is 6.35. The van der Waals surface area contributed by atoms with Crippen molar-refractivity contribution in [1.82, 2.24) is 0 Å². The molecule has 0 aliphatic heterocycles. The summed E-state index contributed by atoms with van der Waals surface area (Å²) in [6.45, 7) is 5.61. The maximum atomic E-state index is 11.6. The van der Waals surface area contributed by atoms with E-state index in [9.17, 15) is 9.59 Å². The van der Waals surface area contributed by atoms with E-state index in [1.807, 2.05) is 13.8 Å². The molecule has 1 aromatic carbocycles. The normalized spacial score (nSPS) is 11.4. The van der Waals surface area contributed by atoms with E-state index < -0.39 is 6.04 Å². The van der Waals surface area contributed by atoms with Gasteiger partial charge >= 0.3 is 0 Å². The quantitative estimate of drug-likeness (QED) is 0.780. The lowest BCUT2D eigenvalue weighted by atomic mass is 10.1. The zero-order chi connectivity index (χ0) is 14.4. The molecule has 4 N–H and O–H groups in total. The third-order valence-electron chi connectivity index (χ3n) is 2.44. The van der Waals surface area contributed by atoms with Crippen LogP contribution in [0.15, 0.2) is 24.3 Å². The van der Waals surface area contributed by atoms with Gasteiger partial charge < -0.3 is 16.4 Å². The number of rotatable bonds is 5. The van der Waals surface area contributed by atoms with Crippen LogP contribution in [0.1, 0.15) is 27.2 Å². The lowest BCUT2D eigenvalue weighted by molar-refractivity contribution is -0.117. The van der Waals surface area contributed by atoms with Crippen molar-refractivity contribution in [2.45, 2.75) is 33.2 Å². The lowest BCUT2D eigenvalue weighted by Gasteiger charge is -2.10. The second-order valence-corrected chi connectivity index (χ2v) is 5.00. The van der Waals surface area contributed by atoms with Crippen LogP contribution in [0, 0.1) is 5.92 Å². The summed E-state index contributed by atoms with van der Waals surface area (Å²) in [6.07, 6.45) is 0.489. The van der Waals surface area contributed by atoms with Crippen molar-refractivity contribution in [1.29, 1.82) is 0 Å². The zero-order valence-electron chi connectivity index (χ0n) is 12.0. The summed E-state index contributed by atoms with van der Waals surface area (Å²) in [5, 5.41) is 5.48. The standard InChI is InChI=1S/C14H21N3O2.ClH/c1-9(2)8-13(18)16-11-4-6-12(7-5-11)17-14(19)10(3)15;/h4-7,9-10H,8,15H2,1-3H3,(H,16,18)(H,17,19);1H. The second-order valence-electron chi connectivity index (χ2n) is 5.00. The van der Waals surface area contributed by atoms with Crippen LogP contribution in [0.5, 0.6) is 0 Å². The molecule has 0 fully saturated rings. The highest BCUT2D eigenvalue weighted by molar-refractivity contribution is 5.95. The van der Waals surface area contributed by atoms with Gasteiger partial charge in [0.25, 0.3) is 0 Å². The Balaban J connectivity index is 0.00000361. The molecule has 0 saturated carbocycles. The number of benzene rings is 1. The third-order valence-corrected chi connectivity index (χ3v) is 2.44. The van der Waals surface area contributed by atoms with E-state index in [4.69, 9.17) is 5.73 Å². The minimum Gasteiger partial charge on any atom is -0.326 e. The molecule has 0 saturated heterocycles. The Hall–Kier alpha value is -1.59. The molecule has 0 radical (unpaired) electrons. The summed E-state index contributed by atoms with van der Waals surface area (Å²) in [6, 6.07) is 6.39. The smallest absolute Gasteiger partial charge is 0.240 e. The van der Waals surface area contributed by atoms with Crippen molar-refractivity contribution in [3.05, 3.63) is 24.3 Å². The molecule has 0 aromatic heterocycles. The summed E-state index contributed by atoms with van der Waals surface area (Å²) in [5.74, 6) is 0.0727. The predicted molar refractivity (Wildman–Crippen MR) is 84.1 cm³/mol. The average molecular weight is 300 g/mol. The minimum atomic E-state index is -0.551. The first-order chi connectivity index (χ1) is 8.88. The molecule has 0 spiro atoms. The molecule has 112 valence electrons. The average Bonchev–Trinajstić information content (AvgIpc) is 2.30. The largest absolute Gasteiger partial charge is 0.326 e. The van der Waals surface area contributed by atoms with Crippen molar-refractivity contribution < 1.29 is 9.59 Å². The molecule has 5 nitrogen and oxygen atoms in total. The second kappa shape index (κ2) is 8.55. The van der Waals surface area contributed by atoms with E-state index in [1.54, 1.807) is 31.2 Å². The molecule has 6 heteroatoms. The molecule has 20 heavy (non-hydrogen) atoms. The number of hydrogen-bond acceptors (Lipinski definition) is 3. The highest BCUT2D eigenvalue weighted by atomic mass is 35.5. The summed E-state index contributed by atoms with van der Waals surface area (Å²) in [5.41, 5.74) is 6.83. The van der Waals surface area contributed by atoms with E-state index in [0.29, 0.717) is 23.7 Å². The molecule has 1 aromatic rings. The minimum absolute atomic E-state index is 0. The van der Waals surface area contributed by atoms with Gasteiger partial charge in [-0.1, -0.05) is 13.8 Å². The van der Waals surface area contributed by atoms with Gasteiger partial charge in [-0.2, -0.15) is 0 Å². The van der Waals surface area contributed by atoms with Crippen LogP contribution in [0.2, 0.25) is 0 Å². The van der Waals surface area contributed by atoms with Crippen molar-refractivity contribution in [3.8, 4) is 0 Å². The van der Waals surface area contributed by atoms with Crippen LogP contribution in [0.4, 0.5) is 11.4 Å². The first kappa shape index (κ1) is 18.4. The molecule has 0 aliphatic rings. The Morgan fingerprint density at radius 3 is 1.90 bits per heavy atom. The molecular formula is C14H22ClN3O2. The van der Waals surface area contributed by atoms with Crippen molar-refractivity contribution >= 4 is 35.6 Å². The van der Waals surface area contributed by atoms with E-state index >= 15 is 0 Å². The number of nitrogens with two attached hydrogens (primary N) is 1. The fourth-order valence-corrected chi connectivity index (χ4v) is 1.48. The van der Waals surface area contributed by atoms with Crippen LogP contribution >= 0.6 is 12.4 Å². The molecule has 1 rings (SSSR count). The highest BCUT2D eigenvalue weighted by Crippen LogP contribution is 2.14. The van der Waals surface area contributed by atoms with Gasteiger partial charge in [-0.05, 0) is 37.1 Å². The maximum Gasteiger partial charge on any atom is 0.240 e. The summed E-state index contributed by atoms with van der Waals surface area (Å²) < 4.78 is 0. The van der Waals surface area contributed by atoms with Crippen LogP contribution < -0.4 is 16.4 Å². The molecular weight excluding hydrogens is 278 g/mol. The molecule has 0 bridgehead atoms. The molecule has 0 aliphatic carbocycles. The Kier molecular flexibility index (Phi) is 7.87. The van der Waals surface area contributed by atoms with E-state index in [2.05, 4.69) is 10.6 Å². The van der Waals surface area contributed by atoms with E-state index in [-0.39, 0.29) is 24.2 Å². The monoisotopic (exact) mass is 299 g/mol. The van der Waals surface area contributed by atoms with Gasteiger partial charge in [-0.25, -0.2) is 0 Å². The van der Waals surface area contributed by atoms with Gasteiger partial charge in [0, 0.05) is 17.8 Å². The van der Waals surface area contributed by atoms with Gasteiger partial charge in [0.1, 0.15) is 0 Å². The fourth-order valence-electron chi connectivity index (χ4n) is 1.48. The number of nitrogens with one attached hydrogen (secondary N) is 2. The SMILES string of the molecule is CC(C)CC(=O)Nc1ccc(NC(=O)C(C)N)cc1.Cl. The Labute approximate surface area is 125 Å². The van der Waals surface area contributed by atoms with Gasteiger partial charge in [0.2, 0.25) is 11.8 Å². The Bertz CT molecular complexity index is 444. The summed E-state index contributed by atoms with van der Waals surface area (Å²) in [7, 11) is 0. The molecule has 1 unspecified atom stereocenters. The van der Waals surface area contributed by atoms with Crippen molar-refractivity contribution in [2.75, 3.05) is 10.6 Å². The van der Waals surface area contributed by atoms with Gasteiger partial charge in [0.15, 0.2) is 0 Å². The van der Waals surface area contributed by atoms with Crippen LogP contribution in [-0.4, -0.2) is 17.9 Å². The van der Waals surface area contributed by atoms with Gasteiger partial charge in [-0.3, -0.25) is 9.59 Å². The van der Waals surface area contributed by atoms with Gasteiger partial charge in [-0.15, -0.1) is 12.4 Å². The number of anilines is 2. The lowest BCUT2D eigenvalue weighted by Crippen LogP contribution is -2.32. The number of amides is 2.